The van der Waals surface area contributed by atoms with Gasteiger partial charge in [0, 0.05) is 18.0 Å². The lowest BCUT2D eigenvalue weighted by Crippen LogP contribution is -1.97. The van der Waals surface area contributed by atoms with E-state index in [0.29, 0.717) is 16.7 Å². The lowest BCUT2D eigenvalue weighted by atomic mass is 10.0. The number of fused-ring (bicyclic) bond motifs is 1. The number of ether oxygens (including phenoxy) is 1. The van der Waals surface area contributed by atoms with Gasteiger partial charge in [-0.25, -0.2) is 4.98 Å². The fraction of sp³-hybridized carbons (Fsp3) is 0.136. The van der Waals surface area contributed by atoms with Crippen LogP contribution in [-0.4, -0.2) is 9.38 Å². The number of aryl methyl sites for hydroxylation is 2. The highest BCUT2D eigenvalue weighted by Gasteiger charge is 2.11. The van der Waals surface area contributed by atoms with Crippen molar-refractivity contribution in [2.24, 2.45) is 0 Å². The van der Waals surface area contributed by atoms with Gasteiger partial charge in [0.25, 0.3) is 0 Å². The Balaban J connectivity index is 1.65. The van der Waals surface area contributed by atoms with Gasteiger partial charge < -0.3 is 9.14 Å². The molecule has 0 aliphatic rings. The van der Waals surface area contributed by atoms with E-state index in [4.69, 9.17) is 32.9 Å². The van der Waals surface area contributed by atoms with Crippen LogP contribution in [0.4, 0.5) is 0 Å². The van der Waals surface area contributed by atoms with E-state index in [1.54, 1.807) is 6.07 Å². The van der Waals surface area contributed by atoms with Gasteiger partial charge in [-0.05, 0) is 49.2 Å². The standard InChI is InChI=1S/C22H18Cl2N2O/c1-14-5-7-17(15(2)10-14)20-12-26-9-3-4-21(22(26)25-20)27-13-16-6-8-18(23)19(24)11-16/h3-12H,13H2,1-2H3. The summed E-state index contributed by atoms with van der Waals surface area (Å²) in [5, 5.41) is 1.06. The molecule has 2 aromatic carbocycles. The second-order valence-corrected chi connectivity index (χ2v) is 7.40. The monoisotopic (exact) mass is 396 g/mol. The molecule has 0 saturated carbocycles. The molecule has 3 nitrogen and oxygen atoms in total. The Kier molecular flexibility index (Phi) is 4.81. The van der Waals surface area contributed by atoms with Crippen molar-refractivity contribution in [2.45, 2.75) is 20.5 Å². The second-order valence-electron chi connectivity index (χ2n) is 6.58. The van der Waals surface area contributed by atoms with Crippen molar-refractivity contribution in [1.82, 2.24) is 9.38 Å². The average molecular weight is 397 g/mol. The second kappa shape index (κ2) is 7.26. The van der Waals surface area contributed by atoms with E-state index in [-0.39, 0.29) is 0 Å². The first-order valence-corrected chi connectivity index (χ1v) is 9.39. The van der Waals surface area contributed by atoms with E-state index >= 15 is 0 Å². The van der Waals surface area contributed by atoms with Crippen LogP contribution in [0.5, 0.6) is 5.75 Å². The van der Waals surface area contributed by atoms with Crippen LogP contribution in [-0.2, 0) is 6.61 Å². The molecule has 27 heavy (non-hydrogen) atoms. The maximum atomic E-state index is 6.08. The maximum Gasteiger partial charge on any atom is 0.180 e. The van der Waals surface area contributed by atoms with E-state index in [1.165, 1.54) is 11.1 Å². The van der Waals surface area contributed by atoms with Crippen molar-refractivity contribution in [3.05, 3.63) is 87.7 Å². The van der Waals surface area contributed by atoms with E-state index in [9.17, 15) is 0 Å². The minimum atomic E-state index is 0.391. The molecule has 2 heterocycles. The van der Waals surface area contributed by atoms with Gasteiger partial charge in [0.15, 0.2) is 11.4 Å². The molecule has 0 fully saturated rings. The molecule has 2 aromatic heterocycles. The minimum Gasteiger partial charge on any atom is -0.485 e. The minimum absolute atomic E-state index is 0.391. The lowest BCUT2D eigenvalue weighted by molar-refractivity contribution is 0.308. The predicted molar refractivity (Wildman–Crippen MR) is 111 cm³/mol. The van der Waals surface area contributed by atoms with Gasteiger partial charge in [-0.2, -0.15) is 0 Å². The van der Waals surface area contributed by atoms with Gasteiger partial charge >= 0.3 is 0 Å². The maximum absolute atomic E-state index is 6.08. The van der Waals surface area contributed by atoms with Gasteiger partial charge in [-0.3, -0.25) is 0 Å². The number of imidazole rings is 1. The number of nitrogens with zero attached hydrogens (tertiary/aromatic N) is 2. The number of hydrogen-bond acceptors (Lipinski definition) is 2. The first kappa shape index (κ1) is 17.9. The summed E-state index contributed by atoms with van der Waals surface area (Å²) in [5.74, 6) is 0.722. The van der Waals surface area contributed by atoms with Crippen LogP contribution in [0, 0.1) is 13.8 Å². The third-order valence-electron chi connectivity index (χ3n) is 4.48. The number of hydrogen-bond donors (Lipinski definition) is 0. The topological polar surface area (TPSA) is 26.5 Å². The Morgan fingerprint density at radius 2 is 1.85 bits per heavy atom. The zero-order chi connectivity index (χ0) is 19.0. The molecule has 4 rings (SSSR count). The number of aromatic nitrogens is 2. The Hall–Kier alpha value is -2.49. The smallest absolute Gasteiger partial charge is 0.180 e. The summed E-state index contributed by atoms with van der Waals surface area (Å²) in [4.78, 5) is 4.81. The Labute approximate surface area is 168 Å². The molecule has 0 spiro atoms. The molecule has 0 atom stereocenters. The summed E-state index contributed by atoms with van der Waals surface area (Å²) in [6.07, 6.45) is 4.00. The molecule has 0 aliphatic heterocycles. The average Bonchev–Trinajstić information content (AvgIpc) is 3.07. The summed E-state index contributed by atoms with van der Waals surface area (Å²) in [6.45, 7) is 4.59. The van der Waals surface area contributed by atoms with Gasteiger partial charge in [0.05, 0.1) is 15.7 Å². The van der Waals surface area contributed by atoms with Gasteiger partial charge in [0.2, 0.25) is 0 Å². The van der Waals surface area contributed by atoms with Crippen molar-refractivity contribution < 1.29 is 4.74 Å². The van der Waals surface area contributed by atoms with Crippen molar-refractivity contribution >= 4 is 28.8 Å². The van der Waals surface area contributed by atoms with Gasteiger partial charge in [-0.1, -0.05) is 53.0 Å². The highest BCUT2D eigenvalue weighted by atomic mass is 35.5. The molecule has 0 amide bonds. The predicted octanol–water partition coefficient (Wildman–Crippen LogP) is 6.50. The molecule has 0 aliphatic carbocycles. The van der Waals surface area contributed by atoms with Crippen LogP contribution >= 0.6 is 23.2 Å². The Bertz CT molecular complexity index is 1130. The van der Waals surface area contributed by atoms with Gasteiger partial charge in [0.1, 0.15) is 6.61 Å². The Morgan fingerprint density at radius 3 is 2.63 bits per heavy atom. The SMILES string of the molecule is Cc1ccc(-c2cn3cccc(OCc4ccc(Cl)c(Cl)c4)c3n2)c(C)c1. The summed E-state index contributed by atoms with van der Waals surface area (Å²) < 4.78 is 8.00. The van der Waals surface area contributed by atoms with E-state index in [0.717, 1.165) is 28.2 Å². The number of halogens is 2. The molecule has 0 N–H and O–H groups in total. The largest absolute Gasteiger partial charge is 0.485 e. The first-order valence-electron chi connectivity index (χ1n) is 8.63. The summed E-state index contributed by atoms with van der Waals surface area (Å²) in [6, 6.07) is 15.8. The fourth-order valence-electron chi connectivity index (χ4n) is 3.12. The van der Waals surface area contributed by atoms with Crippen LogP contribution in [0.25, 0.3) is 16.9 Å². The number of rotatable bonds is 4. The van der Waals surface area contributed by atoms with Crippen molar-refractivity contribution in [3.8, 4) is 17.0 Å². The zero-order valence-electron chi connectivity index (χ0n) is 15.0. The molecule has 5 heteroatoms. The van der Waals surface area contributed by atoms with E-state index in [1.807, 2.05) is 41.1 Å². The van der Waals surface area contributed by atoms with E-state index in [2.05, 4.69) is 32.0 Å². The Morgan fingerprint density at radius 1 is 1.00 bits per heavy atom. The summed E-state index contributed by atoms with van der Waals surface area (Å²) >= 11 is 12.1. The third-order valence-corrected chi connectivity index (χ3v) is 5.22. The van der Waals surface area contributed by atoms with Crippen LogP contribution < -0.4 is 4.74 Å². The molecule has 0 saturated heterocycles. The molecule has 0 unspecified atom stereocenters. The zero-order valence-corrected chi connectivity index (χ0v) is 16.6. The van der Waals surface area contributed by atoms with Crippen LogP contribution in [0.3, 0.4) is 0 Å². The van der Waals surface area contributed by atoms with Gasteiger partial charge in [-0.15, -0.1) is 0 Å². The summed E-state index contributed by atoms with van der Waals surface area (Å²) in [5.41, 5.74) is 6.24. The van der Waals surface area contributed by atoms with Crippen molar-refractivity contribution in [2.75, 3.05) is 0 Å². The third kappa shape index (κ3) is 3.66. The lowest BCUT2D eigenvalue weighted by Gasteiger charge is -2.08. The molecule has 0 radical (unpaired) electrons. The highest BCUT2D eigenvalue weighted by Crippen LogP contribution is 2.28. The normalized spacial score (nSPS) is 11.1. The first-order chi connectivity index (χ1) is 13.0. The quantitative estimate of drug-likeness (QED) is 0.393. The van der Waals surface area contributed by atoms with Crippen LogP contribution in [0.15, 0.2) is 60.9 Å². The number of benzene rings is 2. The molecule has 0 bridgehead atoms. The summed E-state index contributed by atoms with van der Waals surface area (Å²) in [7, 11) is 0. The fourth-order valence-corrected chi connectivity index (χ4v) is 3.44. The number of pyridine rings is 1. The molecule has 4 aromatic rings. The molecular formula is C22H18Cl2N2O. The highest BCUT2D eigenvalue weighted by molar-refractivity contribution is 6.42. The van der Waals surface area contributed by atoms with Crippen LogP contribution in [0.2, 0.25) is 10.0 Å². The van der Waals surface area contributed by atoms with Crippen LogP contribution in [0.1, 0.15) is 16.7 Å². The molecular weight excluding hydrogens is 379 g/mol. The molecule has 136 valence electrons. The van der Waals surface area contributed by atoms with Crippen molar-refractivity contribution in [1.29, 1.82) is 0 Å². The van der Waals surface area contributed by atoms with E-state index < -0.39 is 0 Å². The van der Waals surface area contributed by atoms with Crippen molar-refractivity contribution in [3.63, 3.8) is 0 Å².